The Hall–Kier alpha value is -1.56. The van der Waals surface area contributed by atoms with Gasteiger partial charge in [-0.25, -0.2) is 4.79 Å². The van der Waals surface area contributed by atoms with Gasteiger partial charge in [-0.1, -0.05) is 0 Å². The lowest BCUT2D eigenvalue weighted by Gasteiger charge is -2.35. The van der Waals surface area contributed by atoms with Crippen molar-refractivity contribution in [1.29, 1.82) is 0 Å². The number of hydrogen-bond acceptors (Lipinski definition) is 4. The number of nitrogens with zero attached hydrogens (tertiary/aromatic N) is 1. The van der Waals surface area contributed by atoms with Crippen LogP contribution in [0.2, 0.25) is 0 Å². The van der Waals surface area contributed by atoms with Gasteiger partial charge in [0.2, 0.25) is 5.88 Å². The molecule has 0 aliphatic heterocycles. The Balaban J connectivity index is 2.18. The fourth-order valence-electron chi connectivity index (χ4n) is 1.97. The molecule has 0 unspecified atom stereocenters. The third-order valence-corrected chi connectivity index (χ3v) is 2.79. The molecule has 2 N–H and O–H groups in total. The molecule has 1 aromatic heterocycles. The van der Waals surface area contributed by atoms with Crippen molar-refractivity contribution in [3.63, 3.8) is 0 Å². The lowest BCUT2D eigenvalue weighted by atomic mass is 9.89. The highest BCUT2D eigenvalue weighted by Crippen LogP contribution is 2.35. The van der Waals surface area contributed by atoms with E-state index in [1.807, 2.05) is 6.92 Å². The number of nitrogens with one attached hydrogen (secondary N) is 1. The summed E-state index contributed by atoms with van der Waals surface area (Å²) < 4.78 is 6.57. The highest BCUT2D eigenvalue weighted by Gasteiger charge is 2.33. The number of hydrogen-bond donors (Lipinski definition) is 2. The summed E-state index contributed by atoms with van der Waals surface area (Å²) in [4.78, 5) is 24.5. The summed E-state index contributed by atoms with van der Waals surface area (Å²) in [6.45, 7) is 2.56. The van der Waals surface area contributed by atoms with E-state index in [0.29, 0.717) is 19.4 Å². The van der Waals surface area contributed by atoms with Crippen molar-refractivity contribution in [2.75, 3.05) is 6.61 Å². The van der Waals surface area contributed by atoms with Gasteiger partial charge in [-0.15, -0.1) is 0 Å². The van der Waals surface area contributed by atoms with Crippen LogP contribution in [0.25, 0.3) is 0 Å². The summed E-state index contributed by atoms with van der Waals surface area (Å²) in [5.41, 5.74) is -1.15. The van der Waals surface area contributed by atoms with Crippen molar-refractivity contribution >= 4 is 0 Å². The predicted octanol–water partition coefficient (Wildman–Crippen LogP) is -0.0178. The van der Waals surface area contributed by atoms with Crippen LogP contribution >= 0.6 is 0 Å². The minimum Gasteiger partial charge on any atom is -0.494 e. The van der Waals surface area contributed by atoms with Crippen LogP contribution < -0.4 is 11.2 Å². The number of ether oxygens (including phenoxy) is 1. The van der Waals surface area contributed by atoms with Crippen LogP contribution in [0.3, 0.4) is 0 Å². The molecule has 1 aromatic rings. The molecule has 1 heterocycles. The molecule has 1 aliphatic carbocycles. The zero-order chi connectivity index (χ0) is 11.7. The topological polar surface area (TPSA) is 84.3 Å². The molecule has 6 nitrogen and oxygen atoms in total. The monoisotopic (exact) mass is 226 g/mol. The number of aromatic hydroxyl groups is 1. The number of H-pyrrole nitrogens is 1. The summed E-state index contributed by atoms with van der Waals surface area (Å²) >= 11 is 0. The van der Waals surface area contributed by atoms with E-state index in [-0.39, 0.29) is 18.0 Å². The highest BCUT2D eigenvalue weighted by molar-refractivity contribution is 5.09. The van der Waals surface area contributed by atoms with Gasteiger partial charge >= 0.3 is 5.69 Å². The normalized spacial score (nSPS) is 24.1. The molecule has 88 valence electrons. The molecule has 0 amide bonds. The maximum atomic E-state index is 11.5. The van der Waals surface area contributed by atoms with Gasteiger partial charge in [0.15, 0.2) is 0 Å². The minimum absolute atomic E-state index is 0.0825. The number of aromatic amines is 1. The molecule has 1 saturated carbocycles. The molecule has 0 spiro atoms. The molecule has 0 atom stereocenters. The lowest BCUT2D eigenvalue weighted by molar-refractivity contribution is -0.0224. The average molecular weight is 226 g/mol. The summed E-state index contributed by atoms with van der Waals surface area (Å²) in [6.07, 6.45) is 1.52. The van der Waals surface area contributed by atoms with E-state index in [0.717, 1.165) is 6.07 Å². The first kappa shape index (κ1) is 10.9. The van der Waals surface area contributed by atoms with Gasteiger partial charge in [0.05, 0.1) is 12.2 Å². The molecule has 0 bridgehead atoms. The van der Waals surface area contributed by atoms with E-state index >= 15 is 0 Å². The summed E-state index contributed by atoms with van der Waals surface area (Å²) in [5, 5.41) is 9.53. The van der Waals surface area contributed by atoms with E-state index in [9.17, 15) is 14.7 Å². The third kappa shape index (κ3) is 1.88. The van der Waals surface area contributed by atoms with Gasteiger partial charge in [-0.3, -0.25) is 14.3 Å². The summed E-state index contributed by atoms with van der Waals surface area (Å²) in [5.74, 6) is -0.284. The van der Waals surface area contributed by atoms with Crippen LogP contribution in [-0.2, 0) is 4.74 Å². The van der Waals surface area contributed by atoms with Crippen LogP contribution in [0.1, 0.15) is 25.8 Å². The maximum absolute atomic E-state index is 11.5. The maximum Gasteiger partial charge on any atom is 0.331 e. The fourth-order valence-corrected chi connectivity index (χ4v) is 1.97. The third-order valence-electron chi connectivity index (χ3n) is 2.79. The predicted molar refractivity (Wildman–Crippen MR) is 56.7 cm³/mol. The average Bonchev–Trinajstić information content (AvgIpc) is 2.12. The van der Waals surface area contributed by atoms with Crippen molar-refractivity contribution in [3.8, 4) is 5.88 Å². The Labute approximate surface area is 91.5 Å². The smallest absolute Gasteiger partial charge is 0.331 e. The van der Waals surface area contributed by atoms with E-state index in [1.165, 1.54) is 4.57 Å². The molecule has 16 heavy (non-hydrogen) atoms. The second-order valence-corrected chi connectivity index (χ2v) is 3.87. The zero-order valence-corrected chi connectivity index (χ0v) is 8.97. The molecule has 0 radical (unpaired) electrons. The van der Waals surface area contributed by atoms with Gasteiger partial charge in [0, 0.05) is 12.6 Å². The van der Waals surface area contributed by atoms with Crippen molar-refractivity contribution in [2.45, 2.75) is 31.9 Å². The first-order chi connectivity index (χ1) is 7.61. The molecule has 6 heteroatoms. The molecule has 0 aromatic carbocycles. The van der Waals surface area contributed by atoms with E-state index in [1.54, 1.807) is 0 Å². The van der Waals surface area contributed by atoms with E-state index < -0.39 is 11.2 Å². The molecule has 0 saturated heterocycles. The van der Waals surface area contributed by atoms with Gasteiger partial charge in [-0.05, 0) is 19.8 Å². The Morgan fingerprint density at radius 1 is 1.56 bits per heavy atom. The highest BCUT2D eigenvalue weighted by atomic mass is 16.5. The molecular weight excluding hydrogens is 212 g/mol. The molecule has 2 rings (SSSR count). The van der Waals surface area contributed by atoms with Crippen molar-refractivity contribution < 1.29 is 9.84 Å². The van der Waals surface area contributed by atoms with Crippen LogP contribution in [0.5, 0.6) is 5.88 Å². The van der Waals surface area contributed by atoms with Crippen LogP contribution in [-0.4, -0.2) is 27.4 Å². The molecule has 1 aliphatic rings. The molecular formula is C10H14N2O4. The van der Waals surface area contributed by atoms with Crippen LogP contribution in [0, 0.1) is 0 Å². The standard InChI is InChI=1S/C10H14N2O4/c1-2-16-7-3-6(4-7)12-9(14)5-8(13)11-10(12)15/h5-7,14H,2-4H2,1H3,(H,11,13,15). The fraction of sp³-hybridized carbons (Fsp3) is 0.600. The van der Waals surface area contributed by atoms with Crippen molar-refractivity contribution in [2.24, 2.45) is 0 Å². The molecule has 1 fully saturated rings. The van der Waals surface area contributed by atoms with Crippen molar-refractivity contribution in [3.05, 3.63) is 26.9 Å². The Bertz CT molecular complexity index is 484. The SMILES string of the molecule is CCOC1CC(n2c(O)cc(=O)[nH]c2=O)C1. The first-order valence-corrected chi connectivity index (χ1v) is 5.28. The first-order valence-electron chi connectivity index (χ1n) is 5.28. The van der Waals surface area contributed by atoms with Crippen LogP contribution in [0.4, 0.5) is 0 Å². The number of rotatable bonds is 3. The van der Waals surface area contributed by atoms with Gasteiger partial charge in [0.1, 0.15) is 0 Å². The van der Waals surface area contributed by atoms with E-state index in [2.05, 4.69) is 4.98 Å². The second kappa shape index (κ2) is 4.13. The Morgan fingerprint density at radius 2 is 2.25 bits per heavy atom. The second-order valence-electron chi connectivity index (χ2n) is 3.87. The summed E-state index contributed by atoms with van der Waals surface area (Å²) in [6, 6.07) is 0.927. The van der Waals surface area contributed by atoms with Gasteiger partial charge in [-0.2, -0.15) is 0 Å². The largest absolute Gasteiger partial charge is 0.494 e. The van der Waals surface area contributed by atoms with Crippen molar-refractivity contribution in [1.82, 2.24) is 9.55 Å². The lowest BCUT2D eigenvalue weighted by Crippen LogP contribution is -2.40. The zero-order valence-electron chi connectivity index (χ0n) is 8.97. The Kier molecular flexibility index (Phi) is 2.82. The minimum atomic E-state index is -0.584. The van der Waals surface area contributed by atoms with Crippen LogP contribution in [0.15, 0.2) is 15.7 Å². The van der Waals surface area contributed by atoms with Gasteiger partial charge < -0.3 is 9.84 Å². The number of aromatic nitrogens is 2. The van der Waals surface area contributed by atoms with Gasteiger partial charge in [0.25, 0.3) is 5.56 Å². The quantitative estimate of drug-likeness (QED) is 0.758. The Morgan fingerprint density at radius 3 is 2.81 bits per heavy atom. The van der Waals surface area contributed by atoms with E-state index in [4.69, 9.17) is 4.74 Å². The summed E-state index contributed by atoms with van der Waals surface area (Å²) in [7, 11) is 0.